The number of carbonyl (C=O) groups excluding carboxylic acids is 2. The van der Waals surface area contributed by atoms with E-state index in [-0.39, 0.29) is 16.9 Å². The standard InChI is InChI=1S/C24H15ClN2O5S/c1-31-21(28)12-27-18-8-7-14(25)10-20(18)33-24(27)26-22(29)17-11-16-15-5-3-2-4-13(15)6-9-19(16)32-23(17)30/h2-11H,12H2,1H3. The van der Waals surface area contributed by atoms with Crippen LogP contribution in [-0.4, -0.2) is 23.6 Å². The highest BCUT2D eigenvalue weighted by Crippen LogP contribution is 2.25. The lowest BCUT2D eigenvalue weighted by Crippen LogP contribution is -2.23. The lowest BCUT2D eigenvalue weighted by molar-refractivity contribution is -0.141. The molecule has 0 aliphatic rings. The van der Waals surface area contributed by atoms with E-state index in [0.29, 0.717) is 21.5 Å². The molecule has 9 heteroatoms. The highest BCUT2D eigenvalue weighted by molar-refractivity contribution is 7.16. The number of esters is 1. The van der Waals surface area contributed by atoms with Gasteiger partial charge in [0.25, 0.3) is 5.91 Å². The second-order valence-electron chi connectivity index (χ2n) is 7.22. The van der Waals surface area contributed by atoms with Gasteiger partial charge in [-0.3, -0.25) is 9.59 Å². The molecule has 0 atom stereocenters. The molecule has 0 unspecified atom stereocenters. The number of methoxy groups -OCH3 is 1. The van der Waals surface area contributed by atoms with Gasteiger partial charge in [-0.1, -0.05) is 53.3 Å². The van der Waals surface area contributed by atoms with E-state index in [1.165, 1.54) is 24.5 Å². The van der Waals surface area contributed by atoms with Gasteiger partial charge in [0.1, 0.15) is 17.7 Å². The average molecular weight is 479 g/mol. The van der Waals surface area contributed by atoms with E-state index in [1.807, 2.05) is 30.3 Å². The lowest BCUT2D eigenvalue weighted by atomic mass is 10.0. The molecule has 5 rings (SSSR count). The number of hydrogen-bond acceptors (Lipinski definition) is 6. The first kappa shape index (κ1) is 21.1. The predicted octanol–water partition coefficient (Wildman–Crippen LogP) is 4.53. The number of halogens is 1. The summed E-state index contributed by atoms with van der Waals surface area (Å²) in [6.07, 6.45) is 0. The molecule has 2 aromatic heterocycles. The molecular formula is C24H15ClN2O5S. The Labute approximate surface area is 195 Å². The fourth-order valence-corrected chi connectivity index (χ4v) is 4.95. The smallest absolute Gasteiger partial charge is 0.349 e. The van der Waals surface area contributed by atoms with Crippen molar-refractivity contribution in [3.63, 3.8) is 0 Å². The molecule has 1 amide bonds. The molecule has 164 valence electrons. The molecule has 0 aliphatic heterocycles. The Morgan fingerprint density at radius 3 is 2.73 bits per heavy atom. The first-order chi connectivity index (χ1) is 15.9. The molecule has 2 heterocycles. The van der Waals surface area contributed by atoms with Gasteiger partial charge in [0.2, 0.25) is 0 Å². The zero-order valence-electron chi connectivity index (χ0n) is 17.2. The van der Waals surface area contributed by atoms with Crippen molar-refractivity contribution in [2.75, 3.05) is 7.11 Å². The summed E-state index contributed by atoms with van der Waals surface area (Å²) in [6.45, 7) is -0.152. The minimum Gasteiger partial charge on any atom is -0.468 e. The zero-order valence-corrected chi connectivity index (χ0v) is 18.8. The summed E-state index contributed by atoms with van der Waals surface area (Å²) in [5, 5.41) is 2.95. The van der Waals surface area contributed by atoms with Crippen LogP contribution in [0.25, 0.3) is 32.0 Å². The number of nitrogens with zero attached hydrogens (tertiary/aromatic N) is 2. The molecule has 0 N–H and O–H groups in total. The maximum atomic E-state index is 13.1. The van der Waals surface area contributed by atoms with E-state index in [9.17, 15) is 14.4 Å². The monoisotopic (exact) mass is 478 g/mol. The Kier molecular flexibility index (Phi) is 5.32. The second kappa shape index (κ2) is 8.31. The van der Waals surface area contributed by atoms with Crippen molar-refractivity contribution in [1.29, 1.82) is 0 Å². The molecule has 0 bridgehead atoms. The van der Waals surface area contributed by atoms with Crippen LogP contribution in [0.15, 0.2) is 74.9 Å². The van der Waals surface area contributed by atoms with Crippen molar-refractivity contribution < 1.29 is 18.7 Å². The largest absolute Gasteiger partial charge is 0.468 e. The van der Waals surface area contributed by atoms with Crippen molar-refractivity contribution >= 4 is 66.8 Å². The maximum Gasteiger partial charge on any atom is 0.349 e. The molecule has 3 aromatic carbocycles. The van der Waals surface area contributed by atoms with Gasteiger partial charge in [-0.25, -0.2) is 4.79 Å². The minimum absolute atomic E-state index is 0.152. The molecule has 0 saturated heterocycles. The quantitative estimate of drug-likeness (QED) is 0.216. The summed E-state index contributed by atoms with van der Waals surface area (Å²) in [7, 11) is 1.28. The number of ether oxygens (including phenoxy) is 1. The van der Waals surface area contributed by atoms with E-state index < -0.39 is 17.5 Å². The summed E-state index contributed by atoms with van der Waals surface area (Å²) >= 11 is 7.27. The van der Waals surface area contributed by atoms with Crippen molar-refractivity contribution in [2.24, 2.45) is 4.99 Å². The molecular weight excluding hydrogens is 464 g/mol. The van der Waals surface area contributed by atoms with Gasteiger partial charge in [0, 0.05) is 10.4 Å². The number of rotatable bonds is 3. The summed E-state index contributed by atoms with van der Waals surface area (Å²) in [5.74, 6) is -1.27. The van der Waals surface area contributed by atoms with E-state index in [0.717, 1.165) is 15.5 Å². The molecule has 5 aromatic rings. The number of carbonyl (C=O) groups is 2. The van der Waals surface area contributed by atoms with Crippen LogP contribution in [0.4, 0.5) is 0 Å². The summed E-state index contributed by atoms with van der Waals surface area (Å²) in [4.78, 5) is 42.0. The predicted molar refractivity (Wildman–Crippen MR) is 127 cm³/mol. The molecule has 7 nitrogen and oxygen atoms in total. The van der Waals surface area contributed by atoms with Gasteiger partial charge in [-0.05, 0) is 41.1 Å². The minimum atomic E-state index is -0.782. The average Bonchev–Trinajstić information content (AvgIpc) is 3.13. The third-order valence-electron chi connectivity index (χ3n) is 5.23. The number of amides is 1. The van der Waals surface area contributed by atoms with E-state index >= 15 is 0 Å². The number of benzene rings is 3. The molecule has 0 radical (unpaired) electrons. The van der Waals surface area contributed by atoms with Crippen LogP contribution in [0.3, 0.4) is 0 Å². The number of hydrogen-bond donors (Lipinski definition) is 0. The van der Waals surface area contributed by atoms with Crippen molar-refractivity contribution in [3.8, 4) is 0 Å². The van der Waals surface area contributed by atoms with Crippen LogP contribution in [0, 0.1) is 0 Å². The van der Waals surface area contributed by atoms with E-state index in [4.69, 9.17) is 20.8 Å². The number of fused-ring (bicyclic) bond motifs is 4. The molecule has 33 heavy (non-hydrogen) atoms. The summed E-state index contributed by atoms with van der Waals surface area (Å²) in [5.41, 5.74) is 0.0690. The SMILES string of the molecule is COC(=O)Cn1c(=NC(=O)c2cc3c(ccc4ccccc43)oc2=O)sc2cc(Cl)ccc21. The fourth-order valence-electron chi connectivity index (χ4n) is 3.65. The molecule has 0 fully saturated rings. The Hall–Kier alpha value is -3.75. The fraction of sp³-hybridized carbons (Fsp3) is 0.0833. The number of aromatic nitrogens is 1. The summed E-state index contributed by atoms with van der Waals surface area (Å²) in [6, 6.07) is 17.8. The Morgan fingerprint density at radius 1 is 1.09 bits per heavy atom. The van der Waals surface area contributed by atoms with Gasteiger partial charge < -0.3 is 13.7 Å². The third kappa shape index (κ3) is 3.83. The van der Waals surface area contributed by atoms with Gasteiger partial charge in [-0.15, -0.1) is 0 Å². The number of thiazole rings is 1. The van der Waals surface area contributed by atoms with Crippen molar-refractivity contribution in [1.82, 2.24) is 4.57 Å². The summed E-state index contributed by atoms with van der Waals surface area (Å²) < 4.78 is 12.5. The van der Waals surface area contributed by atoms with Gasteiger partial charge in [-0.2, -0.15) is 4.99 Å². The topological polar surface area (TPSA) is 90.9 Å². The van der Waals surface area contributed by atoms with Gasteiger partial charge in [0.05, 0.1) is 17.3 Å². The van der Waals surface area contributed by atoms with Crippen molar-refractivity contribution in [3.05, 3.63) is 86.5 Å². The first-order valence-corrected chi connectivity index (χ1v) is 11.0. The van der Waals surface area contributed by atoms with Crippen LogP contribution in [-0.2, 0) is 16.1 Å². The Balaban J connectivity index is 1.70. The van der Waals surface area contributed by atoms with Crippen LogP contribution in [0.2, 0.25) is 5.02 Å². The zero-order chi connectivity index (χ0) is 23.1. The van der Waals surface area contributed by atoms with Crippen LogP contribution < -0.4 is 10.4 Å². The first-order valence-electron chi connectivity index (χ1n) is 9.85. The highest BCUT2D eigenvalue weighted by atomic mass is 35.5. The normalized spacial score (nSPS) is 12.0. The Bertz CT molecular complexity index is 1710. The van der Waals surface area contributed by atoms with Crippen LogP contribution in [0.1, 0.15) is 10.4 Å². The van der Waals surface area contributed by atoms with E-state index in [2.05, 4.69) is 4.99 Å². The van der Waals surface area contributed by atoms with Gasteiger partial charge >= 0.3 is 11.6 Å². The molecule has 0 aliphatic carbocycles. The highest BCUT2D eigenvalue weighted by Gasteiger charge is 2.17. The van der Waals surface area contributed by atoms with Crippen LogP contribution in [0.5, 0.6) is 0 Å². The third-order valence-corrected chi connectivity index (χ3v) is 6.51. The second-order valence-corrected chi connectivity index (χ2v) is 8.67. The molecule has 0 spiro atoms. The van der Waals surface area contributed by atoms with Crippen molar-refractivity contribution in [2.45, 2.75) is 6.54 Å². The lowest BCUT2D eigenvalue weighted by Gasteiger charge is -2.04. The van der Waals surface area contributed by atoms with Crippen LogP contribution >= 0.6 is 22.9 Å². The Morgan fingerprint density at radius 2 is 1.91 bits per heavy atom. The van der Waals surface area contributed by atoms with Gasteiger partial charge in [0.15, 0.2) is 4.80 Å². The maximum absolute atomic E-state index is 13.1. The molecule has 0 saturated carbocycles. The van der Waals surface area contributed by atoms with E-state index in [1.54, 1.807) is 28.8 Å².